The second-order valence-electron chi connectivity index (χ2n) is 2.37. The molecule has 0 radical (unpaired) electrons. The molecule has 0 aromatic heterocycles. The number of rotatable bonds is 1. The Balaban J connectivity index is -0.000000188. The summed E-state index contributed by atoms with van der Waals surface area (Å²) < 4.78 is 133. The summed E-state index contributed by atoms with van der Waals surface area (Å²) in [6.45, 7) is 0. The molecule has 126 valence electrons. The molecule has 0 aliphatic heterocycles. The zero-order valence-electron chi connectivity index (χ0n) is 7.44. The molecule has 0 atom stereocenters. The summed E-state index contributed by atoms with van der Waals surface area (Å²) in [5.74, 6) is -14.3. The summed E-state index contributed by atoms with van der Waals surface area (Å²) in [5, 5.41) is 0. The van der Waals surface area contributed by atoms with E-state index in [0.717, 1.165) is 0 Å². The lowest BCUT2D eigenvalue weighted by Gasteiger charge is -2.29. The van der Waals surface area contributed by atoms with Crippen LogP contribution < -0.4 is 0 Å². The lowest BCUT2D eigenvalue weighted by atomic mass is 10.1. The van der Waals surface area contributed by atoms with Crippen molar-refractivity contribution in [3.8, 4) is 0 Å². The van der Waals surface area contributed by atoms with Crippen LogP contribution in [0.4, 0.5) is 57.5 Å². The summed E-state index contributed by atoms with van der Waals surface area (Å²) in [6.07, 6.45) is -16.8. The number of alkyl halides is 10. The van der Waals surface area contributed by atoms with Crippen LogP contribution >= 0.6 is 0 Å². The van der Waals surface area contributed by atoms with E-state index >= 15 is 0 Å². The summed E-state index contributed by atoms with van der Waals surface area (Å²) >= 11 is 0. The van der Waals surface area contributed by atoms with E-state index in [0.29, 0.717) is 0 Å². The van der Waals surface area contributed by atoms with E-state index in [9.17, 15) is 52.7 Å². The number of carbonyl (C=O) groups excluding carboxylic acids is 1. The van der Waals surface area contributed by atoms with Gasteiger partial charge in [0.25, 0.3) is 0 Å². The molecule has 0 bridgehead atoms. The van der Waals surface area contributed by atoms with E-state index in [2.05, 4.69) is 0 Å². The summed E-state index contributed by atoms with van der Waals surface area (Å²) in [6, 6.07) is 0. The molecule has 1 nitrogen and oxygen atoms in total. The summed E-state index contributed by atoms with van der Waals surface area (Å²) in [7, 11) is 0. The first kappa shape index (κ1) is 27.2. The number of hydrogen-bond acceptors (Lipinski definition) is 1. The maximum absolute atomic E-state index is 11.6. The maximum Gasteiger partial charge on any atom is 0.483 e. The first-order valence-electron chi connectivity index (χ1n) is 3.22. The van der Waals surface area contributed by atoms with Crippen molar-refractivity contribution in [3.63, 3.8) is 0 Å². The highest BCUT2D eigenvalue weighted by Gasteiger charge is 2.82. The molecule has 13 heteroatoms. The maximum atomic E-state index is 11.6. The van der Waals surface area contributed by atoms with E-state index < -0.39 is 30.5 Å². The number of hydrogen-bond donors (Lipinski definition) is 0. The van der Waals surface area contributed by atoms with Gasteiger partial charge in [-0.05, 0) is 0 Å². The minimum atomic E-state index is -7.14. The van der Waals surface area contributed by atoms with Gasteiger partial charge in [-0.1, -0.05) is 14.9 Å². The van der Waals surface area contributed by atoms with E-state index in [4.69, 9.17) is 4.79 Å². The van der Waals surface area contributed by atoms with Crippen molar-refractivity contribution < 1.29 is 57.5 Å². The van der Waals surface area contributed by atoms with Gasteiger partial charge in [0.2, 0.25) is 0 Å². The Morgan fingerprint density at radius 1 is 0.550 bits per heavy atom. The topological polar surface area (TPSA) is 17.1 Å². The molecule has 20 heavy (non-hydrogen) atoms. The highest BCUT2D eigenvalue weighted by molar-refractivity contribution is 5.55. The molecule has 0 unspecified atom stereocenters. The normalized spacial score (nSPS) is 12.4. The second kappa shape index (κ2) is 7.57. The lowest BCUT2D eigenvalue weighted by molar-refractivity contribution is -0.419. The van der Waals surface area contributed by atoms with Gasteiger partial charge in [0.1, 0.15) is 0 Å². The Morgan fingerprint density at radius 3 is 0.700 bits per heavy atom. The lowest BCUT2D eigenvalue weighted by Crippen LogP contribution is -2.59. The average molecular weight is 336 g/mol. The second-order valence-corrected chi connectivity index (χ2v) is 2.37. The van der Waals surface area contributed by atoms with Crippen molar-refractivity contribution in [3.05, 3.63) is 0 Å². The first-order valence-corrected chi connectivity index (χ1v) is 3.22. The molecule has 0 fully saturated rings. The Labute approximate surface area is 104 Å². The van der Waals surface area contributed by atoms with Gasteiger partial charge in [-0.2, -0.15) is 43.9 Å². The van der Waals surface area contributed by atoms with Crippen molar-refractivity contribution in [2.24, 2.45) is 0 Å². The molecular formula is C7H8F12O. The van der Waals surface area contributed by atoms with Gasteiger partial charge >= 0.3 is 30.5 Å². The fraction of sp³-hybridized carbons (Fsp3) is 0.857. The van der Waals surface area contributed by atoms with Crippen LogP contribution in [0.1, 0.15) is 14.9 Å². The third-order valence-corrected chi connectivity index (χ3v) is 1.11. The molecule has 0 aliphatic carbocycles. The van der Waals surface area contributed by atoms with Gasteiger partial charge < -0.3 is 0 Å². The van der Waals surface area contributed by atoms with Crippen LogP contribution in [0.2, 0.25) is 0 Å². The zero-order valence-corrected chi connectivity index (χ0v) is 7.44. The third kappa shape index (κ3) is 6.32. The molecule has 0 N–H and O–H groups in total. The van der Waals surface area contributed by atoms with Crippen molar-refractivity contribution in [1.29, 1.82) is 0 Å². The largest absolute Gasteiger partial charge is 0.483 e. The Morgan fingerprint density at radius 2 is 0.650 bits per heavy atom. The van der Waals surface area contributed by atoms with Gasteiger partial charge in [-0.25, -0.2) is 4.79 Å². The predicted octanol–water partition coefficient (Wildman–Crippen LogP) is 5.70. The summed E-state index contributed by atoms with van der Waals surface area (Å²) in [4.78, 5) is 8.11. The minimum absolute atomic E-state index is 0. The van der Waals surface area contributed by atoms with E-state index in [1.54, 1.807) is 0 Å². The van der Waals surface area contributed by atoms with Gasteiger partial charge in [-0.3, -0.25) is 0 Å². The molecule has 0 heterocycles. The molecule has 0 spiro atoms. The van der Waals surface area contributed by atoms with Crippen LogP contribution in [0.15, 0.2) is 0 Å². The highest BCUT2D eigenvalue weighted by Crippen LogP contribution is 2.53. The SMILES string of the molecule is C.C.FC(F)(F)C(F)(F)C(F)(F)C(F)(F)F.O=C(F)F. The standard InChI is InChI=1S/C4F10.CF2O.2CH4/c5-1(6,3(9,10)11)2(7,8)4(12,13)14;2-1(3)4;;/h;;2*1H4. The van der Waals surface area contributed by atoms with E-state index in [1.165, 1.54) is 0 Å². The van der Waals surface area contributed by atoms with Crippen LogP contribution in [-0.4, -0.2) is 30.5 Å². The number of halogens is 12. The molecule has 0 saturated carbocycles. The van der Waals surface area contributed by atoms with Crippen molar-refractivity contribution in [2.75, 3.05) is 0 Å². The van der Waals surface area contributed by atoms with Crippen LogP contribution in [0.3, 0.4) is 0 Å². The van der Waals surface area contributed by atoms with E-state index in [1.807, 2.05) is 0 Å². The smallest absolute Gasteiger partial charge is 0.219 e. The van der Waals surface area contributed by atoms with Gasteiger partial charge in [-0.15, -0.1) is 8.78 Å². The monoisotopic (exact) mass is 336 g/mol. The molecule has 0 aliphatic rings. The fourth-order valence-electron chi connectivity index (χ4n) is 0.356. The van der Waals surface area contributed by atoms with Gasteiger partial charge in [0.15, 0.2) is 0 Å². The van der Waals surface area contributed by atoms with Crippen LogP contribution in [0.5, 0.6) is 0 Å². The Hall–Kier alpha value is -1.17. The van der Waals surface area contributed by atoms with Crippen LogP contribution in [0.25, 0.3) is 0 Å². The zero-order chi connectivity index (χ0) is 15.6. The third-order valence-electron chi connectivity index (χ3n) is 1.11. The number of carbonyl (C=O) groups is 1. The van der Waals surface area contributed by atoms with Gasteiger partial charge in [0, 0.05) is 0 Å². The van der Waals surface area contributed by atoms with Crippen LogP contribution in [0, 0.1) is 0 Å². The van der Waals surface area contributed by atoms with Gasteiger partial charge in [0.05, 0.1) is 0 Å². The van der Waals surface area contributed by atoms with Crippen molar-refractivity contribution in [1.82, 2.24) is 0 Å². The molecule has 0 aromatic carbocycles. The molecule has 0 aromatic rings. The van der Waals surface area contributed by atoms with Crippen molar-refractivity contribution in [2.45, 2.75) is 39.1 Å². The predicted molar refractivity (Wildman–Crippen MR) is 43.1 cm³/mol. The van der Waals surface area contributed by atoms with E-state index in [-0.39, 0.29) is 14.9 Å². The van der Waals surface area contributed by atoms with Crippen molar-refractivity contribution >= 4 is 6.29 Å². The Bertz CT molecular complexity index is 259. The Kier molecular flexibility index (Phi) is 10.3. The fourth-order valence-corrected chi connectivity index (χ4v) is 0.356. The summed E-state index contributed by atoms with van der Waals surface area (Å²) in [5.41, 5.74) is 0. The first-order chi connectivity index (χ1) is 7.48. The highest BCUT2D eigenvalue weighted by atomic mass is 19.4. The molecular weight excluding hydrogens is 328 g/mol. The van der Waals surface area contributed by atoms with Crippen LogP contribution in [-0.2, 0) is 0 Å². The molecule has 0 amide bonds. The quantitative estimate of drug-likeness (QED) is 0.443. The average Bonchev–Trinajstić information content (AvgIpc) is 1.97. The minimum Gasteiger partial charge on any atom is -0.219 e. The molecule has 0 rings (SSSR count). The molecule has 0 saturated heterocycles.